The van der Waals surface area contributed by atoms with Crippen LogP contribution >= 0.6 is 0 Å². The quantitative estimate of drug-likeness (QED) is 0.884. The van der Waals surface area contributed by atoms with E-state index in [0.29, 0.717) is 23.3 Å². The summed E-state index contributed by atoms with van der Waals surface area (Å²) >= 11 is 0. The fourth-order valence-corrected chi connectivity index (χ4v) is 2.49. The topological polar surface area (TPSA) is 69.2 Å². The molecule has 1 unspecified atom stereocenters. The maximum Gasteiger partial charge on any atom is 0.258 e. The van der Waals surface area contributed by atoms with E-state index in [1.807, 2.05) is 32.0 Å². The van der Waals surface area contributed by atoms with Crippen LogP contribution in [0.1, 0.15) is 39.6 Å². The van der Waals surface area contributed by atoms with E-state index in [-0.39, 0.29) is 11.6 Å². The van der Waals surface area contributed by atoms with Gasteiger partial charge in [0.1, 0.15) is 5.82 Å². The van der Waals surface area contributed by atoms with Gasteiger partial charge in [-0.25, -0.2) is 4.98 Å². The standard InChI is InChI=1S/C16H23N3O2/c1-5-19(10-16(3,4)21)11(2)14-17-13-9-7-6-8-12(13)15(20)18-14/h6-9,11,21H,5,10H2,1-4H3,(H,17,18,20). The minimum atomic E-state index is -0.790. The Morgan fingerprint density at radius 3 is 2.67 bits per heavy atom. The van der Waals surface area contributed by atoms with Crippen LogP contribution in [-0.4, -0.2) is 38.7 Å². The summed E-state index contributed by atoms with van der Waals surface area (Å²) < 4.78 is 0. The summed E-state index contributed by atoms with van der Waals surface area (Å²) in [7, 11) is 0. The molecule has 2 rings (SSSR count). The Bertz CT molecular complexity index is 673. The van der Waals surface area contributed by atoms with E-state index in [9.17, 15) is 9.90 Å². The van der Waals surface area contributed by atoms with Crippen LogP contribution in [0.25, 0.3) is 10.9 Å². The van der Waals surface area contributed by atoms with E-state index in [1.165, 1.54) is 0 Å². The second-order valence-corrected chi connectivity index (χ2v) is 6.02. The lowest BCUT2D eigenvalue weighted by atomic mass is 10.1. The number of hydrogen-bond donors (Lipinski definition) is 2. The van der Waals surface area contributed by atoms with E-state index in [0.717, 1.165) is 6.54 Å². The molecule has 0 aliphatic heterocycles. The summed E-state index contributed by atoms with van der Waals surface area (Å²) in [5.41, 5.74) is -0.217. The minimum Gasteiger partial charge on any atom is -0.389 e. The summed E-state index contributed by atoms with van der Waals surface area (Å²) in [6.45, 7) is 8.85. The average molecular weight is 289 g/mol. The lowest BCUT2D eigenvalue weighted by molar-refractivity contribution is 0.0237. The predicted octanol–water partition coefficient (Wildman–Crippen LogP) is 2.08. The number of fused-ring (bicyclic) bond motifs is 1. The van der Waals surface area contributed by atoms with Gasteiger partial charge in [-0.15, -0.1) is 0 Å². The second kappa shape index (κ2) is 5.95. The molecule has 0 radical (unpaired) electrons. The molecule has 0 saturated heterocycles. The van der Waals surface area contributed by atoms with Gasteiger partial charge in [0.25, 0.3) is 5.56 Å². The second-order valence-electron chi connectivity index (χ2n) is 6.02. The number of benzene rings is 1. The molecule has 1 aromatic carbocycles. The van der Waals surface area contributed by atoms with Crippen LogP contribution < -0.4 is 5.56 Å². The maximum absolute atomic E-state index is 12.1. The number of aromatic nitrogens is 2. The number of H-pyrrole nitrogens is 1. The normalized spacial score (nSPS) is 13.8. The highest BCUT2D eigenvalue weighted by atomic mass is 16.3. The van der Waals surface area contributed by atoms with Crippen LogP contribution in [0.5, 0.6) is 0 Å². The number of likely N-dealkylation sites (N-methyl/N-ethyl adjacent to an activating group) is 1. The van der Waals surface area contributed by atoms with Crippen molar-refractivity contribution in [1.82, 2.24) is 14.9 Å². The van der Waals surface area contributed by atoms with Crippen LogP contribution in [0.2, 0.25) is 0 Å². The number of rotatable bonds is 5. The molecule has 0 aliphatic rings. The van der Waals surface area contributed by atoms with Gasteiger partial charge in [0.2, 0.25) is 0 Å². The molecule has 0 saturated carbocycles. The fraction of sp³-hybridized carbons (Fsp3) is 0.500. The number of para-hydroxylation sites is 1. The molecule has 1 atom stereocenters. The van der Waals surface area contributed by atoms with Crippen molar-refractivity contribution in [2.24, 2.45) is 0 Å². The Morgan fingerprint density at radius 2 is 2.05 bits per heavy atom. The Morgan fingerprint density at radius 1 is 1.38 bits per heavy atom. The highest BCUT2D eigenvalue weighted by molar-refractivity contribution is 5.77. The third-order valence-electron chi connectivity index (χ3n) is 3.57. The number of aliphatic hydroxyl groups is 1. The third kappa shape index (κ3) is 3.68. The van der Waals surface area contributed by atoms with E-state index in [4.69, 9.17) is 0 Å². The van der Waals surface area contributed by atoms with Gasteiger partial charge in [-0.05, 0) is 39.4 Å². The SMILES string of the molecule is CCN(CC(C)(C)O)C(C)c1nc2ccccc2c(=O)[nH]1. The Balaban J connectivity index is 2.38. The monoisotopic (exact) mass is 289 g/mol. The molecule has 5 nitrogen and oxygen atoms in total. The molecule has 0 amide bonds. The number of nitrogens with zero attached hydrogens (tertiary/aromatic N) is 2. The van der Waals surface area contributed by atoms with Crippen molar-refractivity contribution in [3.8, 4) is 0 Å². The number of aromatic amines is 1. The molecule has 114 valence electrons. The van der Waals surface area contributed by atoms with Crippen molar-refractivity contribution in [2.45, 2.75) is 39.3 Å². The average Bonchev–Trinajstić information content (AvgIpc) is 2.43. The summed E-state index contributed by atoms with van der Waals surface area (Å²) in [6, 6.07) is 7.24. The van der Waals surface area contributed by atoms with Gasteiger partial charge in [0, 0.05) is 6.54 Å². The molecule has 2 N–H and O–H groups in total. The smallest absolute Gasteiger partial charge is 0.258 e. The van der Waals surface area contributed by atoms with Gasteiger partial charge >= 0.3 is 0 Å². The Kier molecular flexibility index (Phi) is 4.44. The zero-order chi connectivity index (χ0) is 15.6. The summed E-state index contributed by atoms with van der Waals surface area (Å²) in [5, 5.41) is 10.6. The molecule has 0 fully saturated rings. The Hall–Kier alpha value is -1.72. The van der Waals surface area contributed by atoms with Crippen molar-refractivity contribution >= 4 is 10.9 Å². The van der Waals surface area contributed by atoms with E-state index in [1.54, 1.807) is 19.9 Å². The van der Waals surface area contributed by atoms with Crippen LogP contribution in [0.3, 0.4) is 0 Å². The fourth-order valence-electron chi connectivity index (χ4n) is 2.49. The van der Waals surface area contributed by atoms with Crippen LogP contribution in [-0.2, 0) is 0 Å². The predicted molar refractivity (Wildman–Crippen MR) is 84.3 cm³/mol. The van der Waals surface area contributed by atoms with E-state index >= 15 is 0 Å². The summed E-state index contributed by atoms with van der Waals surface area (Å²) in [4.78, 5) is 21.6. The molecule has 0 bridgehead atoms. The molecule has 2 aromatic rings. The van der Waals surface area contributed by atoms with Crippen LogP contribution in [0.4, 0.5) is 0 Å². The molecular formula is C16H23N3O2. The summed E-state index contributed by atoms with van der Waals surface area (Å²) in [5.74, 6) is 0.629. The lowest BCUT2D eigenvalue weighted by Crippen LogP contribution is -2.40. The van der Waals surface area contributed by atoms with Crippen molar-refractivity contribution in [3.63, 3.8) is 0 Å². The Labute approximate surface area is 124 Å². The molecule has 1 aromatic heterocycles. The minimum absolute atomic E-state index is 0.0706. The molecule has 1 heterocycles. The maximum atomic E-state index is 12.1. The van der Waals surface area contributed by atoms with E-state index < -0.39 is 5.60 Å². The van der Waals surface area contributed by atoms with Crippen molar-refractivity contribution < 1.29 is 5.11 Å². The molecule has 0 aliphatic carbocycles. The lowest BCUT2D eigenvalue weighted by Gasteiger charge is -2.32. The van der Waals surface area contributed by atoms with E-state index in [2.05, 4.69) is 14.9 Å². The van der Waals surface area contributed by atoms with Gasteiger partial charge in [0.05, 0.1) is 22.5 Å². The van der Waals surface area contributed by atoms with Crippen molar-refractivity contribution in [1.29, 1.82) is 0 Å². The molecule has 5 heteroatoms. The first-order valence-electron chi connectivity index (χ1n) is 7.27. The number of nitrogens with one attached hydrogen (secondary N) is 1. The van der Waals surface area contributed by atoms with Crippen LogP contribution in [0, 0.1) is 0 Å². The zero-order valence-electron chi connectivity index (χ0n) is 13.1. The first-order valence-corrected chi connectivity index (χ1v) is 7.27. The van der Waals surface area contributed by atoms with Gasteiger partial charge in [-0.3, -0.25) is 9.69 Å². The molecule has 21 heavy (non-hydrogen) atoms. The van der Waals surface area contributed by atoms with Gasteiger partial charge in [0.15, 0.2) is 0 Å². The van der Waals surface area contributed by atoms with Crippen molar-refractivity contribution in [2.75, 3.05) is 13.1 Å². The zero-order valence-corrected chi connectivity index (χ0v) is 13.1. The highest BCUT2D eigenvalue weighted by Gasteiger charge is 2.23. The first-order chi connectivity index (χ1) is 9.81. The van der Waals surface area contributed by atoms with Crippen molar-refractivity contribution in [3.05, 3.63) is 40.4 Å². The van der Waals surface area contributed by atoms with Gasteiger partial charge in [-0.1, -0.05) is 19.1 Å². The van der Waals surface area contributed by atoms with Gasteiger partial charge in [-0.2, -0.15) is 0 Å². The van der Waals surface area contributed by atoms with Crippen LogP contribution in [0.15, 0.2) is 29.1 Å². The molecule has 0 spiro atoms. The third-order valence-corrected chi connectivity index (χ3v) is 3.57. The molecular weight excluding hydrogens is 266 g/mol. The first kappa shape index (κ1) is 15.7. The summed E-state index contributed by atoms with van der Waals surface area (Å²) in [6.07, 6.45) is 0. The number of hydrogen-bond acceptors (Lipinski definition) is 4. The highest BCUT2D eigenvalue weighted by Crippen LogP contribution is 2.19. The largest absolute Gasteiger partial charge is 0.389 e. The van der Waals surface area contributed by atoms with Gasteiger partial charge < -0.3 is 10.1 Å².